The third-order valence-electron chi connectivity index (χ3n) is 7.93. The minimum Gasteiger partial charge on any atom is -0.505 e. The van der Waals surface area contributed by atoms with E-state index in [0.29, 0.717) is 23.2 Å². The fraction of sp³-hybridized carbons (Fsp3) is 0.0938. The number of aryl methyl sites for hydroxylation is 1. The molecule has 8 N–H and O–H groups in total. The average molecular weight is 784 g/mol. The van der Waals surface area contributed by atoms with E-state index in [-0.39, 0.29) is 33.7 Å². The summed E-state index contributed by atoms with van der Waals surface area (Å²) in [6.45, 7) is 3.83. The van der Waals surface area contributed by atoms with Crippen LogP contribution in [0.2, 0.25) is 0 Å². The van der Waals surface area contributed by atoms with E-state index < -0.39 is 68.9 Å². The van der Waals surface area contributed by atoms with E-state index in [0.717, 1.165) is 18.2 Å². The molecule has 21 heteroatoms. The van der Waals surface area contributed by atoms with Gasteiger partial charge in [-0.25, -0.2) is 0 Å². The second-order valence-corrected chi connectivity index (χ2v) is 15.6. The lowest BCUT2D eigenvalue weighted by atomic mass is 10.1. The van der Waals surface area contributed by atoms with E-state index in [9.17, 15) is 49.8 Å². The summed E-state index contributed by atoms with van der Waals surface area (Å²) in [7, 11) is -14.7. The van der Waals surface area contributed by atoms with Gasteiger partial charge in [-0.2, -0.15) is 31.8 Å². The summed E-state index contributed by atoms with van der Waals surface area (Å²) < 4.78 is 101. The van der Waals surface area contributed by atoms with Crippen molar-refractivity contribution in [2.24, 2.45) is 10.2 Å². The molecule has 0 amide bonds. The number of phenolic OH excluding ortho intramolecular Hbond substituents is 1. The van der Waals surface area contributed by atoms with Crippen molar-refractivity contribution in [3.63, 3.8) is 0 Å². The lowest BCUT2D eigenvalue weighted by Gasteiger charge is -2.23. The molecule has 5 aromatic carbocycles. The zero-order valence-electron chi connectivity index (χ0n) is 27.4. The Labute approximate surface area is 302 Å². The van der Waals surface area contributed by atoms with Gasteiger partial charge in [0.1, 0.15) is 27.1 Å². The summed E-state index contributed by atoms with van der Waals surface area (Å²) in [5, 5.41) is 32.4. The van der Waals surface area contributed by atoms with Crippen molar-refractivity contribution in [1.82, 2.24) is 15.0 Å². The Morgan fingerprint density at radius 2 is 1.49 bits per heavy atom. The number of benzene rings is 5. The highest BCUT2D eigenvalue weighted by molar-refractivity contribution is 8.19. The van der Waals surface area contributed by atoms with Crippen LogP contribution in [0, 0.1) is 6.92 Å². The third kappa shape index (κ3) is 7.53. The summed E-state index contributed by atoms with van der Waals surface area (Å²) in [5.74, 6) is -1.37. The minimum absolute atomic E-state index is 0.0422. The van der Waals surface area contributed by atoms with Gasteiger partial charge in [0.2, 0.25) is 11.9 Å². The van der Waals surface area contributed by atoms with Crippen molar-refractivity contribution < 1.29 is 49.8 Å². The van der Waals surface area contributed by atoms with Gasteiger partial charge in [-0.15, -0.1) is 10.2 Å². The third-order valence-corrected chi connectivity index (χ3v) is 10.6. The van der Waals surface area contributed by atoms with Gasteiger partial charge in [0.15, 0.2) is 5.75 Å². The molecule has 0 radical (unpaired) electrons. The predicted octanol–water partition coefficient (Wildman–Crippen LogP) is 7.29. The van der Waals surface area contributed by atoms with Crippen LogP contribution >= 0.6 is 10.9 Å². The number of fused-ring (bicyclic) bond motifs is 2. The number of nitrogens with one attached hydrogen (secondary N) is 1. The lowest BCUT2D eigenvalue weighted by molar-refractivity contribution is 0.375. The summed E-state index contributed by atoms with van der Waals surface area (Å²) in [6.07, 6.45) is 0. The second kappa shape index (κ2) is 13.8. The summed E-state index contributed by atoms with van der Waals surface area (Å²) in [6, 6.07) is 18.0. The maximum atomic E-state index is 12.6. The van der Waals surface area contributed by atoms with E-state index in [1.54, 1.807) is 61.2 Å². The highest BCUT2D eigenvalue weighted by Crippen LogP contribution is 2.55. The molecule has 53 heavy (non-hydrogen) atoms. The molecule has 0 fully saturated rings. The van der Waals surface area contributed by atoms with Gasteiger partial charge in [0.05, 0.1) is 15.5 Å². The number of para-hydroxylation sites is 1. The molecule has 1 aromatic heterocycles. The maximum Gasteiger partial charge on any atom is 0.320 e. The molecule has 0 saturated carbocycles. The first-order valence-corrected chi connectivity index (χ1v) is 19.5. The fourth-order valence-corrected chi connectivity index (χ4v) is 7.69. The Bertz CT molecular complexity index is 2680. The smallest absolute Gasteiger partial charge is 0.320 e. The molecule has 0 aliphatic heterocycles. The quantitative estimate of drug-likeness (QED) is 0.0500. The number of nitrogens with zero attached hydrogens (tertiary/aromatic N) is 6. The van der Waals surface area contributed by atoms with Crippen molar-refractivity contribution in [3.05, 3.63) is 84.4 Å². The predicted molar refractivity (Wildman–Crippen MR) is 196 cm³/mol. The van der Waals surface area contributed by atoms with Gasteiger partial charge in [-0.3, -0.25) is 9.11 Å². The van der Waals surface area contributed by atoms with Gasteiger partial charge >= 0.3 is 6.01 Å². The molecule has 0 aliphatic carbocycles. The van der Waals surface area contributed by atoms with Crippen LogP contribution in [0.25, 0.3) is 21.5 Å². The summed E-state index contributed by atoms with van der Waals surface area (Å²) in [5.41, 5.74) is -0.271. The molecule has 6 rings (SSSR count). The SMILES string of the molecule is CCN(c1ccccc1)c1nc(O)nc(Nc2cc(S(=O)(=O)O)cc3cc(S(O)(O)O)c(N=Nc4ccc5c(C)cccc5c4S(=O)(=O)O)c(O)c23)n1. The van der Waals surface area contributed by atoms with Crippen LogP contribution in [0.15, 0.2) is 104 Å². The van der Waals surface area contributed by atoms with Crippen LogP contribution in [0.5, 0.6) is 11.8 Å². The number of anilines is 4. The standard InChI is InChI=1S/C32H29N7O11S3/c1-3-39(19-9-5-4-6-10-19)31-34-30(35-32(41)36-31)33-24-16-20(51(42,43)44)14-18-15-25(52(45,46)47)27(28(40)26(18)24)38-37-23-13-12-21-17(2)8-7-11-22(21)29(23)53(48,49)50/h4-16,40,45-47H,3H2,1-2H3,(H,42,43,44)(H,48,49,50)(H2,33,34,35,36,41). The van der Waals surface area contributed by atoms with E-state index in [1.165, 1.54) is 18.2 Å². The van der Waals surface area contributed by atoms with Crippen molar-refractivity contribution in [3.8, 4) is 11.8 Å². The Morgan fingerprint density at radius 1 is 0.774 bits per heavy atom. The number of hydrogen-bond donors (Lipinski definition) is 8. The zero-order valence-corrected chi connectivity index (χ0v) is 29.8. The van der Waals surface area contributed by atoms with Gasteiger partial charge in [-0.1, -0.05) is 42.5 Å². The van der Waals surface area contributed by atoms with Gasteiger partial charge in [0.25, 0.3) is 20.2 Å². The number of aromatic nitrogens is 3. The first-order valence-electron chi connectivity index (χ1n) is 15.1. The molecule has 0 unspecified atom stereocenters. The molecule has 18 nitrogen and oxygen atoms in total. The molecule has 0 saturated heterocycles. The molecule has 1 heterocycles. The number of hydrogen-bond acceptors (Lipinski definition) is 16. The van der Waals surface area contributed by atoms with Crippen LogP contribution < -0.4 is 10.2 Å². The van der Waals surface area contributed by atoms with Crippen molar-refractivity contribution in [2.75, 3.05) is 16.8 Å². The Hall–Kier alpha value is -5.52. The zero-order chi connectivity index (χ0) is 38.5. The number of aromatic hydroxyl groups is 2. The number of phenols is 1. The maximum absolute atomic E-state index is 12.6. The number of azo groups is 1. The first-order chi connectivity index (χ1) is 24.9. The molecule has 0 bridgehead atoms. The fourth-order valence-electron chi connectivity index (χ4n) is 5.64. The lowest BCUT2D eigenvalue weighted by Crippen LogP contribution is -2.19. The Kier molecular flexibility index (Phi) is 9.69. The topological polar surface area (TPSA) is 289 Å². The van der Waals surface area contributed by atoms with Crippen LogP contribution in [-0.2, 0) is 20.2 Å². The highest BCUT2D eigenvalue weighted by atomic mass is 32.3. The van der Waals surface area contributed by atoms with E-state index >= 15 is 0 Å². The molecular formula is C32H29N7O11S3. The van der Waals surface area contributed by atoms with Crippen LogP contribution in [-0.4, -0.2) is 71.3 Å². The van der Waals surface area contributed by atoms with Gasteiger partial charge < -0.3 is 34.1 Å². The highest BCUT2D eigenvalue weighted by Gasteiger charge is 2.29. The molecule has 0 aliphatic rings. The normalized spacial score (nSPS) is 12.8. The molecular weight excluding hydrogens is 755 g/mol. The molecule has 0 spiro atoms. The largest absolute Gasteiger partial charge is 0.505 e. The minimum atomic E-state index is -4.97. The first kappa shape index (κ1) is 37.2. The van der Waals surface area contributed by atoms with E-state index in [4.69, 9.17) is 0 Å². The van der Waals surface area contributed by atoms with E-state index in [2.05, 4.69) is 30.5 Å². The van der Waals surface area contributed by atoms with E-state index in [1.807, 2.05) is 0 Å². The summed E-state index contributed by atoms with van der Waals surface area (Å²) >= 11 is 0. The van der Waals surface area contributed by atoms with Crippen molar-refractivity contribution in [2.45, 2.75) is 28.5 Å². The number of rotatable bonds is 10. The Balaban J connectivity index is 1.58. The Morgan fingerprint density at radius 3 is 2.13 bits per heavy atom. The van der Waals surface area contributed by atoms with Crippen molar-refractivity contribution >= 4 is 87.3 Å². The summed E-state index contributed by atoms with van der Waals surface area (Å²) in [4.78, 5) is 11.5. The second-order valence-electron chi connectivity index (χ2n) is 11.4. The van der Waals surface area contributed by atoms with Crippen LogP contribution in [0.4, 0.5) is 34.6 Å². The average Bonchev–Trinajstić information content (AvgIpc) is 3.06. The van der Waals surface area contributed by atoms with Gasteiger partial charge in [-0.05, 0) is 66.6 Å². The molecule has 276 valence electrons. The van der Waals surface area contributed by atoms with Crippen molar-refractivity contribution in [1.29, 1.82) is 0 Å². The van der Waals surface area contributed by atoms with Crippen LogP contribution in [0.1, 0.15) is 12.5 Å². The monoisotopic (exact) mass is 783 g/mol. The van der Waals surface area contributed by atoms with Crippen LogP contribution in [0.3, 0.4) is 0 Å². The van der Waals surface area contributed by atoms with Gasteiger partial charge in [0, 0.05) is 23.0 Å². The molecule has 6 aromatic rings. The molecule has 0 atom stereocenters.